The van der Waals surface area contributed by atoms with E-state index in [0.717, 1.165) is 46.5 Å². The maximum Gasteiger partial charge on any atom is 0.224 e. The number of benzene rings is 4. The van der Waals surface area contributed by atoms with Gasteiger partial charge in [0.2, 0.25) is 11.8 Å². The molecule has 1 heterocycles. The van der Waals surface area contributed by atoms with Crippen molar-refractivity contribution in [3.63, 3.8) is 0 Å². The van der Waals surface area contributed by atoms with Gasteiger partial charge in [-0.3, -0.25) is 9.59 Å². The molecule has 1 aliphatic rings. The summed E-state index contributed by atoms with van der Waals surface area (Å²) >= 11 is 0. The molecule has 0 aliphatic carbocycles. The molecule has 4 aromatic carbocycles. The summed E-state index contributed by atoms with van der Waals surface area (Å²) in [6, 6.07) is 31.2. The molecule has 256 valence electrons. The summed E-state index contributed by atoms with van der Waals surface area (Å²) in [5.41, 5.74) is 12.8. The number of hydrogen-bond acceptors (Lipinski definition) is 7. The van der Waals surface area contributed by atoms with Crippen molar-refractivity contribution >= 4 is 23.2 Å². The predicted molar refractivity (Wildman–Crippen MR) is 193 cm³/mol. The van der Waals surface area contributed by atoms with Gasteiger partial charge in [0, 0.05) is 44.5 Å². The second-order valence-electron chi connectivity index (χ2n) is 12.5. The number of para-hydroxylation sites is 2. The second kappa shape index (κ2) is 17.6. The van der Waals surface area contributed by atoms with Gasteiger partial charge in [-0.15, -0.1) is 6.58 Å². The molecule has 0 saturated carbocycles. The van der Waals surface area contributed by atoms with E-state index in [-0.39, 0.29) is 43.5 Å². The third kappa shape index (κ3) is 10.3. The van der Waals surface area contributed by atoms with Gasteiger partial charge in [0.25, 0.3) is 0 Å². The van der Waals surface area contributed by atoms with Gasteiger partial charge in [0.15, 0.2) is 6.29 Å². The van der Waals surface area contributed by atoms with Crippen molar-refractivity contribution in [3.8, 4) is 11.1 Å². The maximum absolute atomic E-state index is 12.6. The van der Waals surface area contributed by atoms with Gasteiger partial charge in [-0.05, 0) is 65.6 Å². The topological polar surface area (TPSA) is 126 Å². The van der Waals surface area contributed by atoms with Crippen LogP contribution in [0.15, 0.2) is 110 Å². The first-order valence-electron chi connectivity index (χ1n) is 16.7. The fraction of sp³-hybridized carbons (Fsp3) is 0.300. The molecular weight excluding hydrogens is 616 g/mol. The van der Waals surface area contributed by atoms with Crippen LogP contribution in [0, 0.1) is 0 Å². The van der Waals surface area contributed by atoms with Crippen molar-refractivity contribution in [2.75, 3.05) is 31.2 Å². The summed E-state index contributed by atoms with van der Waals surface area (Å²) in [5.74, 6) is -0.285. The number of likely N-dealkylation sites (N-methyl/N-ethyl adjacent to an activating group) is 1. The Kier molecular flexibility index (Phi) is 12.7. The number of rotatable bonds is 15. The molecule has 5 N–H and O–H groups in total. The SMILES string of the molecule is C=CCN(C)CC1CC(c2ccc(CO)cc2)OC(c2cccc(-c3cccc(CNC(=O)CCCC(=O)Nc4ccccc4N)c3)c2)O1. The minimum Gasteiger partial charge on any atom is -0.397 e. The number of nitrogens with two attached hydrogens (primary N) is 1. The highest BCUT2D eigenvalue weighted by molar-refractivity contribution is 5.94. The van der Waals surface area contributed by atoms with Gasteiger partial charge in [0.05, 0.1) is 30.2 Å². The molecule has 4 aromatic rings. The Labute approximate surface area is 288 Å². The Morgan fingerprint density at radius 3 is 2.39 bits per heavy atom. The number of anilines is 2. The number of aliphatic hydroxyl groups excluding tert-OH is 1. The summed E-state index contributed by atoms with van der Waals surface area (Å²) in [7, 11) is 2.05. The highest BCUT2D eigenvalue weighted by Crippen LogP contribution is 2.39. The Bertz CT molecular complexity index is 1710. The van der Waals surface area contributed by atoms with Crippen LogP contribution in [0.1, 0.15) is 60.3 Å². The first-order valence-corrected chi connectivity index (χ1v) is 16.7. The fourth-order valence-electron chi connectivity index (χ4n) is 5.92. The van der Waals surface area contributed by atoms with Gasteiger partial charge in [-0.1, -0.05) is 78.9 Å². The zero-order chi connectivity index (χ0) is 34.6. The third-order valence-electron chi connectivity index (χ3n) is 8.52. The average molecular weight is 663 g/mol. The number of ether oxygens (including phenoxy) is 2. The van der Waals surface area contributed by atoms with Crippen molar-refractivity contribution < 1.29 is 24.2 Å². The maximum atomic E-state index is 12.6. The van der Waals surface area contributed by atoms with E-state index in [1.807, 2.05) is 66.7 Å². The molecule has 2 amide bonds. The molecule has 0 spiro atoms. The number of amides is 2. The lowest BCUT2D eigenvalue weighted by Crippen LogP contribution is -2.37. The predicted octanol–water partition coefficient (Wildman–Crippen LogP) is 6.52. The summed E-state index contributed by atoms with van der Waals surface area (Å²) in [6.45, 7) is 5.74. The van der Waals surface area contributed by atoms with Crippen molar-refractivity contribution in [2.45, 2.75) is 57.3 Å². The number of carbonyl (C=O) groups excluding carboxylic acids is 2. The van der Waals surface area contributed by atoms with Gasteiger partial charge < -0.3 is 35.8 Å². The molecule has 1 fully saturated rings. The van der Waals surface area contributed by atoms with E-state index in [2.05, 4.69) is 47.4 Å². The largest absolute Gasteiger partial charge is 0.397 e. The van der Waals surface area contributed by atoms with Crippen LogP contribution in [0.25, 0.3) is 11.1 Å². The molecule has 0 radical (unpaired) electrons. The van der Waals surface area contributed by atoms with Gasteiger partial charge in [-0.2, -0.15) is 0 Å². The van der Waals surface area contributed by atoms with E-state index in [1.165, 1.54) is 0 Å². The zero-order valence-electron chi connectivity index (χ0n) is 28.0. The Morgan fingerprint density at radius 1 is 0.898 bits per heavy atom. The molecule has 3 atom stereocenters. The quantitative estimate of drug-likeness (QED) is 0.0844. The summed E-state index contributed by atoms with van der Waals surface area (Å²) in [5, 5.41) is 15.3. The van der Waals surface area contributed by atoms with Crippen LogP contribution in [-0.2, 0) is 32.2 Å². The molecule has 0 aromatic heterocycles. The zero-order valence-corrected chi connectivity index (χ0v) is 28.0. The highest BCUT2D eigenvalue weighted by atomic mass is 16.7. The first kappa shape index (κ1) is 35.5. The lowest BCUT2D eigenvalue weighted by atomic mass is 9.98. The van der Waals surface area contributed by atoms with E-state index < -0.39 is 6.29 Å². The molecular formula is C40H46N4O5. The van der Waals surface area contributed by atoms with Crippen molar-refractivity contribution in [1.29, 1.82) is 0 Å². The van der Waals surface area contributed by atoms with E-state index in [9.17, 15) is 14.7 Å². The van der Waals surface area contributed by atoms with Crippen LogP contribution in [-0.4, -0.2) is 48.1 Å². The number of carbonyl (C=O) groups is 2. The lowest BCUT2D eigenvalue weighted by molar-refractivity contribution is -0.252. The van der Waals surface area contributed by atoms with Crippen molar-refractivity contribution in [1.82, 2.24) is 10.2 Å². The van der Waals surface area contributed by atoms with Crippen molar-refractivity contribution in [2.24, 2.45) is 0 Å². The Morgan fingerprint density at radius 2 is 1.63 bits per heavy atom. The molecule has 1 saturated heterocycles. The minimum absolute atomic E-state index is 0.000910. The first-order chi connectivity index (χ1) is 23.8. The fourth-order valence-corrected chi connectivity index (χ4v) is 5.92. The number of aliphatic hydroxyl groups is 1. The molecule has 9 nitrogen and oxygen atoms in total. The Hall–Kier alpha value is -4.80. The molecule has 1 aliphatic heterocycles. The second-order valence-corrected chi connectivity index (χ2v) is 12.5. The van der Waals surface area contributed by atoms with Crippen LogP contribution >= 0.6 is 0 Å². The van der Waals surface area contributed by atoms with E-state index in [4.69, 9.17) is 15.2 Å². The molecule has 9 heteroatoms. The smallest absolute Gasteiger partial charge is 0.224 e. The van der Waals surface area contributed by atoms with Crippen LogP contribution in [0.2, 0.25) is 0 Å². The van der Waals surface area contributed by atoms with Crippen molar-refractivity contribution in [3.05, 3.63) is 132 Å². The van der Waals surface area contributed by atoms with Crippen LogP contribution in [0.4, 0.5) is 11.4 Å². The minimum atomic E-state index is -0.562. The third-order valence-corrected chi connectivity index (χ3v) is 8.52. The van der Waals surface area contributed by atoms with E-state index in [1.54, 1.807) is 18.2 Å². The monoisotopic (exact) mass is 662 g/mol. The molecule has 3 unspecified atom stereocenters. The lowest BCUT2D eigenvalue weighted by Gasteiger charge is -2.37. The summed E-state index contributed by atoms with van der Waals surface area (Å²) < 4.78 is 13.1. The van der Waals surface area contributed by atoms with Crippen LogP contribution < -0.4 is 16.4 Å². The normalized spacial score (nSPS) is 17.4. The molecule has 0 bridgehead atoms. The van der Waals surface area contributed by atoms with Gasteiger partial charge in [-0.25, -0.2) is 0 Å². The molecule has 49 heavy (non-hydrogen) atoms. The highest BCUT2D eigenvalue weighted by Gasteiger charge is 2.32. The standard InChI is InChI=1S/C40H46N4O5/c1-3-21-44(2)26-34-24-37(30-19-17-28(27-45)18-20-30)49-40(48-34)33-12-7-11-32(23-33)31-10-6-9-29(22-31)25-42-38(46)15-8-16-39(47)43-36-14-5-4-13-35(36)41/h3-7,9-14,17-20,22-23,34,37,40,45H,1,8,15-16,21,24-27,41H2,2H3,(H,42,46)(H,43,47). The van der Waals surface area contributed by atoms with E-state index in [0.29, 0.717) is 30.8 Å². The van der Waals surface area contributed by atoms with Crippen LogP contribution in [0.3, 0.4) is 0 Å². The summed E-state index contributed by atoms with van der Waals surface area (Å²) in [6.07, 6.45) is 2.72. The number of nitrogen functional groups attached to an aromatic ring is 1. The summed E-state index contributed by atoms with van der Waals surface area (Å²) in [4.78, 5) is 27.0. The molecule has 5 rings (SSSR count). The van der Waals surface area contributed by atoms with Gasteiger partial charge in [0.1, 0.15) is 0 Å². The number of nitrogens with zero attached hydrogens (tertiary/aromatic N) is 1. The Balaban J connectivity index is 1.20. The van der Waals surface area contributed by atoms with Crippen LogP contribution in [0.5, 0.6) is 0 Å². The number of hydrogen-bond donors (Lipinski definition) is 4. The number of nitrogens with one attached hydrogen (secondary N) is 2. The van der Waals surface area contributed by atoms with Gasteiger partial charge >= 0.3 is 0 Å². The average Bonchev–Trinajstić information content (AvgIpc) is 3.12. The van der Waals surface area contributed by atoms with E-state index >= 15 is 0 Å².